The second-order valence-electron chi connectivity index (χ2n) is 3.93. The Bertz CT molecular complexity index is 373. The van der Waals surface area contributed by atoms with Crippen molar-refractivity contribution in [3.05, 3.63) is 30.3 Å². The highest BCUT2D eigenvalue weighted by Gasteiger charge is 2.45. The molecule has 0 heterocycles. The lowest BCUT2D eigenvalue weighted by molar-refractivity contribution is -0.0893. The van der Waals surface area contributed by atoms with Crippen LogP contribution >= 0.6 is 0 Å². The van der Waals surface area contributed by atoms with Gasteiger partial charge in [0, 0.05) is 24.6 Å². The number of rotatable bonds is 2. The minimum atomic E-state index is -2.61. The molecule has 0 aromatic heterocycles. The van der Waals surface area contributed by atoms with E-state index in [4.69, 9.17) is 0 Å². The minimum absolute atomic E-state index is 0.269. The summed E-state index contributed by atoms with van der Waals surface area (Å²) in [6, 6.07) is 8.00. The maximum Gasteiger partial charge on any atom is 0.319 e. The molecule has 0 atom stereocenters. The fourth-order valence-electron chi connectivity index (χ4n) is 1.64. The van der Waals surface area contributed by atoms with Crippen LogP contribution in [0.3, 0.4) is 0 Å². The molecular formula is C11H12F2N2O. The summed E-state index contributed by atoms with van der Waals surface area (Å²) in [6.07, 6.45) is -0.537. The predicted octanol–water partition coefficient (Wildman–Crippen LogP) is 2.61. The molecule has 2 N–H and O–H groups in total. The number of carbonyl (C=O) groups excluding carboxylic acids is 1. The van der Waals surface area contributed by atoms with Crippen LogP contribution < -0.4 is 10.6 Å². The molecule has 1 aromatic rings. The molecule has 0 aliphatic heterocycles. The molecule has 86 valence electrons. The van der Waals surface area contributed by atoms with Crippen LogP contribution in [0.4, 0.5) is 19.3 Å². The van der Waals surface area contributed by atoms with E-state index in [-0.39, 0.29) is 12.8 Å². The third-order valence-electron chi connectivity index (χ3n) is 2.46. The van der Waals surface area contributed by atoms with E-state index in [9.17, 15) is 13.6 Å². The Balaban J connectivity index is 1.78. The number of alkyl halides is 2. The zero-order chi connectivity index (χ0) is 11.6. The Morgan fingerprint density at radius 3 is 2.44 bits per heavy atom. The number of urea groups is 1. The van der Waals surface area contributed by atoms with Gasteiger partial charge in [-0.15, -0.1) is 0 Å². The van der Waals surface area contributed by atoms with Crippen LogP contribution in [0.1, 0.15) is 12.8 Å². The number of anilines is 1. The number of amides is 2. The van der Waals surface area contributed by atoms with Gasteiger partial charge in [0.2, 0.25) is 0 Å². The van der Waals surface area contributed by atoms with Crippen molar-refractivity contribution in [2.75, 3.05) is 5.32 Å². The second-order valence-corrected chi connectivity index (χ2v) is 3.93. The van der Waals surface area contributed by atoms with Crippen LogP contribution in [0.2, 0.25) is 0 Å². The third kappa shape index (κ3) is 2.68. The van der Waals surface area contributed by atoms with Crippen molar-refractivity contribution in [1.29, 1.82) is 0 Å². The standard InChI is InChI=1S/C11H12F2N2O/c12-11(13)6-9(7-11)15-10(16)14-8-4-2-1-3-5-8/h1-5,9H,6-7H2,(H2,14,15,16). The van der Waals surface area contributed by atoms with Gasteiger partial charge in [-0.05, 0) is 12.1 Å². The summed E-state index contributed by atoms with van der Waals surface area (Å²) in [5.74, 6) is -2.61. The zero-order valence-electron chi connectivity index (χ0n) is 8.54. The molecular weight excluding hydrogens is 214 g/mol. The summed E-state index contributed by atoms with van der Waals surface area (Å²) in [5.41, 5.74) is 0.645. The van der Waals surface area contributed by atoms with E-state index in [1.54, 1.807) is 24.3 Å². The SMILES string of the molecule is O=C(Nc1ccccc1)NC1CC(F)(F)C1. The molecule has 0 bridgehead atoms. The normalized spacial score (nSPS) is 18.6. The Morgan fingerprint density at radius 1 is 1.25 bits per heavy atom. The van der Waals surface area contributed by atoms with Crippen LogP contribution in [0.5, 0.6) is 0 Å². The highest BCUT2D eigenvalue weighted by atomic mass is 19.3. The molecule has 0 unspecified atom stereocenters. The summed E-state index contributed by atoms with van der Waals surface area (Å²) >= 11 is 0. The summed E-state index contributed by atoms with van der Waals surface area (Å²) in [4.78, 5) is 11.4. The van der Waals surface area contributed by atoms with E-state index >= 15 is 0 Å². The molecule has 1 fully saturated rings. The van der Waals surface area contributed by atoms with Crippen molar-refractivity contribution in [3.8, 4) is 0 Å². The quantitative estimate of drug-likeness (QED) is 0.799. The highest BCUT2D eigenvalue weighted by molar-refractivity contribution is 5.89. The first-order valence-corrected chi connectivity index (χ1v) is 5.06. The molecule has 1 aliphatic rings. The number of halogens is 2. The summed E-state index contributed by atoms with van der Waals surface area (Å²) in [5, 5.41) is 5.06. The van der Waals surface area contributed by atoms with Gasteiger partial charge in [-0.2, -0.15) is 0 Å². The average Bonchev–Trinajstić information content (AvgIpc) is 2.16. The van der Waals surface area contributed by atoms with Crippen molar-refractivity contribution in [2.45, 2.75) is 24.8 Å². The number of hydrogen-bond acceptors (Lipinski definition) is 1. The first kappa shape index (κ1) is 10.9. The lowest BCUT2D eigenvalue weighted by Gasteiger charge is -2.35. The number of carbonyl (C=O) groups is 1. The maximum atomic E-state index is 12.5. The van der Waals surface area contributed by atoms with Crippen molar-refractivity contribution in [1.82, 2.24) is 5.32 Å². The van der Waals surface area contributed by atoms with E-state index in [0.29, 0.717) is 5.69 Å². The Labute approximate surface area is 91.8 Å². The lowest BCUT2D eigenvalue weighted by atomic mass is 9.88. The van der Waals surface area contributed by atoms with Crippen molar-refractivity contribution >= 4 is 11.7 Å². The summed E-state index contributed by atoms with van der Waals surface area (Å²) in [6.45, 7) is 0. The smallest absolute Gasteiger partial charge is 0.319 e. The number of benzene rings is 1. The molecule has 0 saturated heterocycles. The fourth-order valence-corrected chi connectivity index (χ4v) is 1.64. The molecule has 2 rings (SSSR count). The van der Waals surface area contributed by atoms with Gasteiger partial charge in [-0.3, -0.25) is 0 Å². The van der Waals surface area contributed by atoms with Crippen molar-refractivity contribution in [2.24, 2.45) is 0 Å². The van der Waals surface area contributed by atoms with Crippen molar-refractivity contribution in [3.63, 3.8) is 0 Å². The molecule has 1 aromatic carbocycles. The molecule has 5 heteroatoms. The lowest BCUT2D eigenvalue weighted by Crippen LogP contribution is -2.51. The third-order valence-corrected chi connectivity index (χ3v) is 2.46. The Hall–Kier alpha value is -1.65. The minimum Gasteiger partial charge on any atom is -0.335 e. The maximum absolute atomic E-state index is 12.5. The van der Waals surface area contributed by atoms with E-state index in [1.807, 2.05) is 6.07 Å². The van der Waals surface area contributed by atoms with Crippen LogP contribution in [-0.4, -0.2) is 18.0 Å². The number of nitrogens with one attached hydrogen (secondary N) is 2. The van der Waals surface area contributed by atoms with Gasteiger partial charge in [0.1, 0.15) is 0 Å². The van der Waals surface area contributed by atoms with Crippen LogP contribution in [0, 0.1) is 0 Å². The molecule has 2 amide bonds. The van der Waals surface area contributed by atoms with Gasteiger partial charge in [0.05, 0.1) is 0 Å². The Morgan fingerprint density at radius 2 is 1.88 bits per heavy atom. The molecule has 3 nitrogen and oxygen atoms in total. The highest BCUT2D eigenvalue weighted by Crippen LogP contribution is 2.37. The van der Waals surface area contributed by atoms with Gasteiger partial charge in [0.15, 0.2) is 0 Å². The predicted molar refractivity (Wildman–Crippen MR) is 56.6 cm³/mol. The van der Waals surface area contributed by atoms with Gasteiger partial charge in [-0.25, -0.2) is 13.6 Å². The van der Waals surface area contributed by atoms with Gasteiger partial charge in [0.25, 0.3) is 5.92 Å². The van der Waals surface area contributed by atoms with E-state index in [0.717, 1.165) is 0 Å². The Kier molecular flexibility index (Phi) is 2.77. The first-order chi connectivity index (χ1) is 7.55. The van der Waals surface area contributed by atoms with Crippen molar-refractivity contribution < 1.29 is 13.6 Å². The zero-order valence-corrected chi connectivity index (χ0v) is 8.54. The number of para-hydroxylation sites is 1. The molecule has 1 saturated carbocycles. The monoisotopic (exact) mass is 226 g/mol. The molecule has 0 radical (unpaired) electrons. The van der Waals surface area contributed by atoms with Gasteiger partial charge >= 0.3 is 6.03 Å². The average molecular weight is 226 g/mol. The molecule has 0 spiro atoms. The van der Waals surface area contributed by atoms with Crippen LogP contribution in [0.15, 0.2) is 30.3 Å². The van der Waals surface area contributed by atoms with Crippen LogP contribution in [-0.2, 0) is 0 Å². The van der Waals surface area contributed by atoms with Gasteiger partial charge < -0.3 is 10.6 Å². The molecule has 1 aliphatic carbocycles. The molecule has 16 heavy (non-hydrogen) atoms. The first-order valence-electron chi connectivity index (χ1n) is 5.06. The summed E-state index contributed by atoms with van der Waals surface area (Å²) < 4.78 is 25.0. The summed E-state index contributed by atoms with van der Waals surface area (Å²) in [7, 11) is 0. The van der Waals surface area contributed by atoms with Crippen LogP contribution in [0.25, 0.3) is 0 Å². The second kappa shape index (κ2) is 4.08. The largest absolute Gasteiger partial charge is 0.335 e. The van der Waals surface area contributed by atoms with E-state index in [2.05, 4.69) is 10.6 Å². The van der Waals surface area contributed by atoms with E-state index < -0.39 is 18.0 Å². The fraction of sp³-hybridized carbons (Fsp3) is 0.364. The van der Waals surface area contributed by atoms with E-state index in [1.165, 1.54) is 0 Å². The number of hydrogen-bond donors (Lipinski definition) is 2. The van der Waals surface area contributed by atoms with Gasteiger partial charge in [-0.1, -0.05) is 18.2 Å². The topological polar surface area (TPSA) is 41.1 Å².